The molecule has 18 rings (SSSR count). The summed E-state index contributed by atoms with van der Waals surface area (Å²) in [6.45, 7) is 28.1. The number of benzene rings is 15. The molecule has 15 aromatic carbocycles. The largest absolute Gasteiger partial charge is 0.310 e. The van der Waals surface area contributed by atoms with Gasteiger partial charge in [0.15, 0.2) is 0 Å². The first-order chi connectivity index (χ1) is 53.6. The first kappa shape index (κ1) is 70.3. The number of hydrogen-bond donors (Lipinski definition) is 0. The van der Waals surface area contributed by atoms with E-state index in [4.69, 9.17) is 0 Å². The van der Waals surface area contributed by atoms with Gasteiger partial charge >= 0.3 is 0 Å². The van der Waals surface area contributed by atoms with Gasteiger partial charge in [-0.3, -0.25) is 0 Å². The Morgan fingerprint density at radius 2 is 0.568 bits per heavy atom. The van der Waals surface area contributed by atoms with Gasteiger partial charge < -0.3 is 19.3 Å². The Hall–Kier alpha value is -12.4. The molecule has 0 saturated carbocycles. The predicted molar refractivity (Wildman–Crippen MR) is 477 cm³/mol. The monoisotopic (exact) mass is 1430 g/mol. The van der Waals surface area contributed by atoms with Crippen LogP contribution in [0.15, 0.2) is 346 Å². The molecule has 2 aliphatic rings. The van der Waals surface area contributed by atoms with Gasteiger partial charge in [0.2, 0.25) is 0 Å². The average molecular weight is 1430 g/mol. The number of hydrogen-bond acceptors (Lipinski definition) is 3. The Bertz CT molecular complexity index is 6010. The van der Waals surface area contributed by atoms with E-state index in [1.54, 1.807) is 0 Å². The van der Waals surface area contributed by atoms with Crippen molar-refractivity contribution in [2.24, 2.45) is 0 Å². The van der Waals surface area contributed by atoms with Crippen LogP contribution in [0.3, 0.4) is 0 Å². The van der Waals surface area contributed by atoms with Gasteiger partial charge in [0.1, 0.15) is 0 Å². The fourth-order valence-electron chi connectivity index (χ4n) is 17.2. The summed E-state index contributed by atoms with van der Waals surface area (Å²) >= 11 is 0. The SMILES string of the molecule is CC(C)(C)c1cc(-c2cc3c4c(c2)N(c2c(-c5ccccc5)cc(C(C)(C)C)cc2-c2ccccc2)c2cc(N(c5ccccc5)c5ccc(-n6c7ccccc7c7ccccc76)cc5)ccc2B4c2ccc(-c4ccccc4)cc2N3c2c(-c3ccccc3)cc(C(C)(C)C)cc2-c2ccccc2)cc(C(C)(C)C)c1. The van der Waals surface area contributed by atoms with Gasteiger partial charge in [-0.15, -0.1) is 0 Å². The maximum absolute atomic E-state index is 2.74. The van der Waals surface area contributed by atoms with Gasteiger partial charge in [-0.05, 0) is 208 Å². The van der Waals surface area contributed by atoms with Gasteiger partial charge in [0.05, 0.1) is 22.4 Å². The summed E-state index contributed by atoms with van der Waals surface area (Å²) in [6.07, 6.45) is 0. The van der Waals surface area contributed by atoms with E-state index in [0.717, 1.165) is 118 Å². The van der Waals surface area contributed by atoms with E-state index in [-0.39, 0.29) is 28.4 Å². The molecule has 0 radical (unpaired) electrons. The summed E-state index contributed by atoms with van der Waals surface area (Å²) in [6, 6.07) is 131. The van der Waals surface area contributed by atoms with Gasteiger partial charge in [0, 0.05) is 78.5 Å². The van der Waals surface area contributed by atoms with Crippen LogP contribution in [0.5, 0.6) is 0 Å². The van der Waals surface area contributed by atoms with E-state index >= 15 is 0 Å². The molecule has 111 heavy (non-hydrogen) atoms. The number of para-hydroxylation sites is 3. The normalized spacial score (nSPS) is 12.8. The van der Waals surface area contributed by atoms with E-state index in [9.17, 15) is 0 Å². The predicted octanol–water partition coefficient (Wildman–Crippen LogP) is 27.5. The lowest BCUT2D eigenvalue weighted by molar-refractivity contribution is 0.569. The number of fused-ring (bicyclic) bond motifs is 7. The fourth-order valence-corrected chi connectivity index (χ4v) is 17.2. The van der Waals surface area contributed by atoms with Crippen molar-refractivity contribution >= 4 is 96.1 Å². The van der Waals surface area contributed by atoms with Crippen LogP contribution in [-0.2, 0) is 21.7 Å². The third-order valence-corrected chi connectivity index (χ3v) is 23.1. The van der Waals surface area contributed by atoms with E-state index < -0.39 is 0 Å². The molecule has 0 aliphatic carbocycles. The third-order valence-electron chi connectivity index (χ3n) is 23.1. The topological polar surface area (TPSA) is 14.7 Å². The van der Waals surface area contributed by atoms with E-state index in [0.29, 0.717) is 0 Å². The molecular weight excluding hydrogens is 1340 g/mol. The quantitative estimate of drug-likeness (QED) is 0.113. The highest BCUT2D eigenvalue weighted by atomic mass is 15.2. The van der Waals surface area contributed by atoms with E-state index in [1.165, 1.54) is 66.0 Å². The number of rotatable bonds is 12. The lowest BCUT2D eigenvalue weighted by Crippen LogP contribution is -2.61. The molecule has 4 nitrogen and oxygen atoms in total. The molecule has 0 unspecified atom stereocenters. The van der Waals surface area contributed by atoms with Crippen molar-refractivity contribution in [2.75, 3.05) is 14.7 Å². The number of nitrogens with zero attached hydrogens (tertiary/aromatic N) is 4. The van der Waals surface area contributed by atoms with Crippen LogP contribution in [-0.4, -0.2) is 11.3 Å². The minimum absolute atomic E-state index is 0.173. The molecule has 0 spiro atoms. The second kappa shape index (κ2) is 27.3. The minimum Gasteiger partial charge on any atom is -0.310 e. The summed E-state index contributed by atoms with van der Waals surface area (Å²) in [5.74, 6) is 0. The zero-order valence-electron chi connectivity index (χ0n) is 65.8. The van der Waals surface area contributed by atoms with Crippen LogP contribution in [0.1, 0.15) is 105 Å². The molecule has 3 heterocycles. The summed E-state index contributed by atoms with van der Waals surface area (Å²) in [4.78, 5) is 7.94. The number of anilines is 9. The summed E-state index contributed by atoms with van der Waals surface area (Å²) in [5, 5.41) is 2.48. The zero-order valence-corrected chi connectivity index (χ0v) is 65.8. The Morgan fingerprint density at radius 1 is 0.243 bits per heavy atom. The Kier molecular flexibility index (Phi) is 17.3. The Morgan fingerprint density at radius 3 is 0.982 bits per heavy atom. The second-order valence-corrected chi connectivity index (χ2v) is 34.6. The van der Waals surface area contributed by atoms with Crippen molar-refractivity contribution in [3.63, 3.8) is 0 Å². The van der Waals surface area contributed by atoms with Crippen LogP contribution in [0.25, 0.3) is 94.3 Å². The molecule has 540 valence electrons. The smallest absolute Gasteiger partial charge is 0.252 e. The first-order valence-electron chi connectivity index (χ1n) is 39.4. The average Bonchev–Trinajstić information content (AvgIpc) is 1.21. The van der Waals surface area contributed by atoms with Crippen LogP contribution in [0.4, 0.5) is 51.2 Å². The highest BCUT2D eigenvalue weighted by Crippen LogP contribution is 2.56. The van der Waals surface area contributed by atoms with Crippen molar-refractivity contribution in [3.8, 4) is 72.4 Å². The molecule has 16 aromatic rings. The molecule has 0 saturated heterocycles. The van der Waals surface area contributed by atoms with Crippen LogP contribution in [0.2, 0.25) is 0 Å². The summed E-state index contributed by atoms with van der Waals surface area (Å²) < 4.78 is 2.42. The molecule has 1 aromatic heterocycles. The van der Waals surface area contributed by atoms with Crippen molar-refractivity contribution in [2.45, 2.75) is 105 Å². The van der Waals surface area contributed by atoms with Crippen molar-refractivity contribution in [3.05, 3.63) is 368 Å². The van der Waals surface area contributed by atoms with Crippen molar-refractivity contribution < 1.29 is 0 Å². The van der Waals surface area contributed by atoms with Crippen LogP contribution >= 0.6 is 0 Å². The maximum Gasteiger partial charge on any atom is 0.252 e. The number of aromatic nitrogens is 1. The molecule has 0 atom stereocenters. The molecule has 0 N–H and O–H groups in total. The van der Waals surface area contributed by atoms with Gasteiger partial charge in [-0.1, -0.05) is 326 Å². The van der Waals surface area contributed by atoms with E-state index in [2.05, 4.69) is 448 Å². The molecule has 2 aliphatic heterocycles. The molecule has 0 fully saturated rings. The Balaban J connectivity index is 1.01. The highest BCUT2D eigenvalue weighted by molar-refractivity contribution is 7.00. The van der Waals surface area contributed by atoms with Crippen molar-refractivity contribution in [1.82, 2.24) is 4.57 Å². The van der Waals surface area contributed by atoms with Gasteiger partial charge in [-0.2, -0.15) is 0 Å². The zero-order chi connectivity index (χ0) is 76.2. The van der Waals surface area contributed by atoms with Gasteiger partial charge in [0.25, 0.3) is 6.71 Å². The maximum atomic E-state index is 2.74. The molecular formula is C106H93BN4. The van der Waals surface area contributed by atoms with Crippen LogP contribution in [0, 0.1) is 0 Å². The third kappa shape index (κ3) is 12.6. The summed E-state index contributed by atoms with van der Waals surface area (Å²) in [5.41, 5.74) is 35.2. The fraction of sp³-hybridized carbons (Fsp3) is 0.151. The van der Waals surface area contributed by atoms with Crippen molar-refractivity contribution in [1.29, 1.82) is 0 Å². The van der Waals surface area contributed by atoms with E-state index in [1.807, 2.05) is 0 Å². The molecule has 0 bridgehead atoms. The van der Waals surface area contributed by atoms with Gasteiger partial charge in [-0.25, -0.2) is 0 Å². The standard InChI is InChI=1S/C106H93BN4/c1-103(2,3)78-59-76(60-79(64-78)104(4,5)6)77-62-98-100-99(63-77)111(102-90(73-41-25-16-26-42-73)67-81(106(10,11)12)68-91(102)74-43-27-17-28-44-74)97-69-85(108(82-45-29-18-30-46-82)83-52-54-84(55-53-83)109-94-49-33-31-47-86(94)87-48-32-34-50-95(87)109)56-58-93(97)107(100)92-57-51-75(70-35-19-13-20-36-70)61-96(92)110(98)101-88(71-37-21-14-22-38-71)65-80(105(7,8)9)66-89(101)72-39-23-15-24-40-72/h13-69H,1-12H3. The molecule has 5 heteroatoms. The molecule has 0 amide bonds. The first-order valence-corrected chi connectivity index (χ1v) is 39.4. The lowest BCUT2D eigenvalue weighted by atomic mass is 9.33. The summed E-state index contributed by atoms with van der Waals surface area (Å²) in [7, 11) is 0. The lowest BCUT2D eigenvalue weighted by Gasteiger charge is -2.46. The second-order valence-electron chi connectivity index (χ2n) is 34.6. The van der Waals surface area contributed by atoms with Crippen LogP contribution < -0.4 is 31.1 Å². The minimum atomic E-state index is -0.273. The highest BCUT2D eigenvalue weighted by Gasteiger charge is 2.46. The Labute approximate surface area is 656 Å².